The van der Waals surface area contributed by atoms with Crippen molar-refractivity contribution in [1.82, 2.24) is 5.32 Å². The highest BCUT2D eigenvalue weighted by molar-refractivity contribution is 5.85. The molecule has 0 heterocycles. The molecule has 0 aliphatic carbocycles. The number of ether oxygens (including phenoxy) is 1. The third kappa shape index (κ3) is 5.16. The zero-order chi connectivity index (χ0) is 22.8. The summed E-state index contributed by atoms with van der Waals surface area (Å²) in [6.45, 7) is 2.38. The summed E-state index contributed by atoms with van der Waals surface area (Å²) in [4.78, 5) is 13.7. The minimum atomic E-state index is -1.36. The van der Waals surface area contributed by atoms with Gasteiger partial charge in [0.2, 0.25) is 0 Å². The maximum atomic E-state index is 13.8. The molecular formula is C27H27FN2O2. The molecule has 0 aromatic heterocycles. The van der Waals surface area contributed by atoms with E-state index in [0.29, 0.717) is 12.1 Å². The highest BCUT2D eigenvalue weighted by Crippen LogP contribution is 2.39. The standard InChI is InChI=1S/C27H27FN2O2/c1-3-19-29-27(26(31)32-20-4-2,22-15-17-23(28)18-16-22)25(21-11-7-5-8-12-21)30-24-13-9-6-10-14-24/h2,5-18,25,29-30H,3,19-20H2,1H3/t25-,27+/m0/s1. The van der Waals surface area contributed by atoms with E-state index < -0.39 is 17.6 Å². The van der Waals surface area contributed by atoms with E-state index in [-0.39, 0.29) is 12.4 Å². The number of anilines is 1. The van der Waals surface area contributed by atoms with Crippen molar-refractivity contribution in [3.63, 3.8) is 0 Å². The molecule has 3 aromatic carbocycles. The van der Waals surface area contributed by atoms with Crippen LogP contribution < -0.4 is 10.6 Å². The zero-order valence-corrected chi connectivity index (χ0v) is 18.1. The lowest BCUT2D eigenvalue weighted by atomic mass is 9.78. The molecule has 0 amide bonds. The average Bonchev–Trinajstić information content (AvgIpc) is 2.84. The molecule has 0 aliphatic rings. The molecular weight excluding hydrogens is 403 g/mol. The number of hydrogen-bond acceptors (Lipinski definition) is 4. The van der Waals surface area contributed by atoms with Crippen LogP contribution in [0.4, 0.5) is 10.1 Å². The van der Waals surface area contributed by atoms with Crippen LogP contribution in [-0.4, -0.2) is 19.1 Å². The van der Waals surface area contributed by atoms with Crippen LogP contribution in [0.25, 0.3) is 0 Å². The van der Waals surface area contributed by atoms with E-state index in [0.717, 1.165) is 17.7 Å². The molecule has 32 heavy (non-hydrogen) atoms. The van der Waals surface area contributed by atoms with Gasteiger partial charge in [-0.3, -0.25) is 5.32 Å². The van der Waals surface area contributed by atoms with Crippen LogP contribution in [0.15, 0.2) is 84.9 Å². The lowest BCUT2D eigenvalue weighted by molar-refractivity contribution is -0.151. The monoisotopic (exact) mass is 430 g/mol. The van der Waals surface area contributed by atoms with Crippen LogP contribution >= 0.6 is 0 Å². The largest absolute Gasteiger partial charge is 0.451 e. The molecule has 3 aromatic rings. The van der Waals surface area contributed by atoms with Gasteiger partial charge in [-0.15, -0.1) is 6.42 Å². The van der Waals surface area contributed by atoms with Gasteiger partial charge in [-0.25, -0.2) is 9.18 Å². The SMILES string of the molecule is C#CCOC(=O)[C@@](NCCC)(c1ccc(F)cc1)[C@@H](Nc1ccccc1)c1ccccc1. The van der Waals surface area contributed by atoms with E-state index in [2.05, 4.69) is 16.6 Å². The Bertz CT molecular complexity index is 1030. The number of terminal acetylenes is 1. The third-order valence-corrected chi connectivity index (χ3v) is 5.21. The fraction of sp³-hybridized carbons (Fsp3) is 0.222. The van der Waals surface area contributed by atoms with Crippen LogP contribution in [0.2, 0.25) is 0 Å². The first-order valence-electron chi connectivity index (χ1n) is 10.6. The molecule has 0 saturated heterocycles. The smallest absolute Gasteiger partial charge is 0.334 e. The van der Waals surface area contributed by atoms with Crippen LogP contribution in [-0.2, 0) is 15.1 Å². The van der Waals surface area contributed by atoms with E-state index >= 15 is 0 Å². The number of nitrogens with one attached hydrogen (secondary N) is 2. The Balaban J connectivity index is 2.24. The van der Waals surface area contributed by atoms with Gasteiger partial charge in [0.15, 0.2) is 12.1 Å². The van der Waals surface area contributed by atoms with E-state index in [4.69, 9.17) is 11.2 Å². The number of rotatable bonds is 10. The minimum absolute atomic E-state index is 0.164. The predicted molar refractivity (Wildman–Crippen MR) is 125 cm³/mol. The van der Waals surface area contributed by atoms with Crippen molar-refractivity contribution >= 4 is 11.7 Å². The molecule has 2 N–H and O–H groups in total. The quantitative estimate of drug-likeness (QED) is 0.349. The maximum absolute atomic E-state index is 13.8. The van der Waals surface area contributed by atoms with Gasteiger partial charge in [0.05, 0.1) is 6.04 Å². The second-order valence-electron chi connectivity index (χ2n) is 7.38. The number of para-hydroxylation sites is 1. The summed E-state index contributed by atoms with van der Waals surface area (Å²) in [5, 5.41) is 6.92. The summed E-state index contributed by atoms with van der Waals surface area (Å²) < 4.78 is 19.3. The highest BCUT2D eigenvalue weighted by Gasteiger charge is 2.49. The Morgan fingerprint density at radius 1 is 1.03 bits per heavy atom. The van der Waals surface area contributed by atoms with Gasteiger partial charge in [-0.05, 0) is 48.4 Å². The van der Waals surface area contributed by atoms with Gasteiger partial charge in [-0.1, -0.05) is 73.5 Å². The average molecular weight is 431 g/mol. The molecule has 4 nitrogen and oxygen atoms in total. The first-order chi connectivity index (χ1) is 15.6. The van der Waals surface area contributed by atoms with Gasteiger partial charge < -0.3 is 10.1 Å². The van der Waals surface area contributed by atoms with Crippen molar-refractivity contribution in [2.45, 2.75) is 24.9 Å². The van der Waals surface area contributed by atoms with Crippen molar-refractivity contribution in [2.24, 2.45) is 0 Å². The maximum Gasteiger partial charge on any atom is 0.334 e. The number of benzene rings is 3. The van der Waals surface area contributed by atoms with Gasteiger partial charge in [-0.2, -0.15) is 0 Å². The summed E-state index contributed by atoms with van der Waals surface area (Å²) in [5.41, 5.74) is 0.905. The van der Waals surface area contributed by atoms with Crippen molar-refractivity contribution < 1.29 is 13.9 Å². The summed E-state index contributed by atoms with van der Waals surface area (Å²) >= 11 is 0. The molecule has 0 fully saturated rings. The number of halogens is 1. The minimum Gasteiger partial charge on any atom is -0.451 e. The Morgan fingerprint density at radius 3 is 2.25 bits per heavy atom. The molecule has 2 atom stereocenters. The lowest BCUT2D eigenvalue weighted by Gasteiger charge is -2.41. The molecule has 0 spiro atoms. The Labute approximate surface area is 188 Å². The molecule has 0 radical (unpaired) electrons. The first kappa shape index (κ1) is 23.1. The molecule has 0 bridgehead atoms. The zero-order valence-electron chi connectivity index (χ0n) is 18.1. The summed E-state index contributed by atoms with van der Waals surface area (Å²) in [7, 11) is 0. The lowest BCUT2D eigenvalue weighted by Crippen LogP contribution is -2.56. The summed E-state index contributed by atoms with van der Waals surface area (Å²) in [5.74, 6) is 1.44. The van der Waals surface area contributed by atoms with E-state index in [1.165, 1.54) is 12.1 Å². The van der Waals surface area contributed by atoms with Crippen LogP contribution in [0, 0.1) is 18.2 Å². The second kappa shape index (κ2) is 11.1. The normalized spacial score (nSPS) is 13.4. The molecule has 164 valence electrons. The number of esters is 1. The first-order valence-corrected chi connectivity index (χ1v) is 10.6. The van der Waals surface area contributed by atoms with Gasteiger partial charge in [0.25, 0.3) is 0 Å². The van der Waals surface area contributed by atoms with Gasteiger partial charge in [0, 0.05) is 5.69 Å². The Kier molecular flexibility index (Phi) is 8.02. The second-order valence-corrected chi connectivity index (χ2v) is 7.38. The fourth-order valence-electron chi connectivity index (χ4n) is 3.72. The highest BCUT2D eigenvalue weighted by atomic mass is 19.1. The van der Waals surface area contributed by atoms with Gasteiger partial charge >= 0.3 is 5.97 Å². The van der Waals surface area contributed by atoms with Gasteiger partial charge in [0.1, 0.15) is 5.82 Å². The number of carbonyl (C=O) groups excluding carboxylic acids is 1. The van der Waals surface area contributed by atoms with E-state index in [1.807, 2.05) is 67.6 Å². The number of carbonyl (C=O) groups is 1. The molecule has 0 unspecified atom stereocenters. The topological polar surface area (TPSA) is 50.4 Å². The molecule has 0 aliphatic heterocycles. The Morgan fingerprint density at radius 2 is 1.66 bits per heavy atom. The molecule has 0 saturated carbocycles. The van der Waals surface area contributed by atoms with Crippen LogP contribution in [0.1, 0.15) is 30.5 Å². The van der Waals surface area contributed by atoms with Crippen molar-refractivity contribution in [1.29, 1.82) is 0 Å². The van der Waals surface area contributed by atoms with Crippen LogP contribution in [0.5, 0.6) is 0 Å². The summed E-state index contributed by atoms with van der Waals surface area (Å²) in [6, 6.07) is 24.6. The Hall–Kier alpha value is -3.62. The van der Waals surface area contributed by atoms with Crippen LogP contribution in [0.3, 0.4) is 0 Å². The summed E-state index contributed by atoms with van der Waals surface area (Å²) in [6.07, 6.45) is 6.15. The predicted octanol–water partition coefficient (Wildman–Crippen LogP) is 5.05. The third-order valence-electron chi connectivity index (χ3n) is 5.21. The molecule has 5 heteroatoms. The fourth-order valence-corrected chi connectivity index (χ4v) is 3.72. The van der Waals surface area contributed by atoms with Crippen molar-refractivity contribution in [2.75, 3.05) is 18.5 Å². The molecule has 3 rings (SSSR count). The van der Waals surface area contributed by atoms with Crippen molar-refractivity contribution in [3.05, 3.63) is 102 Å². The van der Waals surface area contributed by atoms with E-state index in [1.54, 1.807) is 12.1 Å². The van der Waals surface area contributed by atoms with E-state index in [9.17, 15) is 9.18 Å². The number of hydrogen-bond donors (Lipinski definition) is 2. The van der Waals surface area contributed by atoms with Crippen molar-refractivity contribution in [3.8, 4) is 12.3 Å².